The summed E-state index contributed by atoms with van der Waals surface area (Å²) in [5.41, 5.74) is 2.55. The van der Waals surface area contributed by atoms with Gasteiger partial charge in [0.05, 0.1) is 26.7 Å². The molecule has 0 aliphatic carbocycles. The number of carbonyl (C=O) groups excluding carboxylic acids is 1. The Bertz CT molecular complexity index is 906. The van der Waals surface area contributed by atoms with Gasteiger partial charge in [-0.05, 0) is 23.8 Å². The first-order chi connectivity index (χ1) is 12.7. The van der Waals surface area contributed by atoms with Crippen molar-refractivity contribution in [3.63, 3.8) is 0 Å². The van der Waals surface area contributed by atoms with Gasteiger partial charge >= 0.3 is 5.97 Å². The van der Waals surface area contributed by atoms with Gasteiger partial charge in [0.1, 0.15) is 17.1 Å². The first kappa shape index (κ1) is 18.1. The number of halogens is 1. The summed E-state index contributed by atoms with van der Waals surface area (Å²) in [7, 11) is 2.82. The van der Waals surface area contributed by atoms with Crippen LogP contribution in [0.5, 0.6) is 5.75 Å². The van der Waals surface area contributed by atoms with E-state index >= 15 is 0 Å². The standard InChI is InChI=1S/C20H17FO4S/c1-23-19-15(13-9-10-25-11-13)8-7-14(18(19)20(22)24-2)12-26-17-6-4-3-5-16(17)21/h3-11H,12H2,1-2H3. The third-order valence-electron chi connectivity index (χ3n) is 3.89. The third kappa shape index (κ3) is 3.60. The lowest BCUT2D eigenvalue weighted by atomic mass is 9.99. The second-order valence-corrected chi connectivity index (χ2v) is 6.42. The van der Waals surface area contributed by atoms with E-state index in [0.717, 1.165) is 11.1 Å². The highest BCUT2D eigenvalue weighted by atomic mass is 32.2. The Morgan fingerprint density at radius 1 is 1.15 bits per heavy atom. The van der Waals surface area contributed by atoms with Crippen LogP contribution in [0.4, 0.5) is 4.39 Å². The molecular weight excluding hydrogens is 355 g/mol. The average Bonchev–Trinajstić information content (AvgIpc) is 3.20. The van der Waals surface area contributed by atoms with E-state index in [4.69, 9.17) is 13.9 Å². The Kier molecular flexibility index (Phi) is 5.63. The molecule has 3 aromatic rings. The highest BCUT2D eigenvalue weighted by Gasteiger charge is 2.22. The number of methoxy groups -OCH3 is 2. The molecule has 0 spiro atoms. The first-order valence-electron chi connectivity index (χ1n) is 7.83. The van der Waals surface area contributed by atoms with E-state index in [1.165, 1.54) is 32.0 Å². The molecule has 0 radical (unpaired) electrons. The van der Waals surface area contributed by atoms with E-state index in [0.29, 0.717) is 27.5 Å². The molecule has 0 saturated carbocycles. The van der Waals surface area contributed by atoms with Gasteiger partial charge in [0.25, 0.3) is 0 Å². The molecule has 0 atom stereocenters. The maximum Gasteiger partial charge on any atom is 0.341 e. The Hall–Kier alpha value is -2.73. The van der Waals surface area contributed by atoms with Crippen LogP contribution in [-0.2, 0) is 10.5 Å². The van der Waals surface area contributed by atoms with E-state index in [9.17, 15) is 9.18 Å². The van der Waals surface area contributed by atoms with Crippen LogP contribution in [0.2, 0.25) is 0 Å². The molecule has 0 aliphatic rings. The first-order valence-corrected chi connectivity index (χ1v) is 8.82. The Balaban J connectivity index is 2.02. The number of rotatable bonds is 6. The van der Waals surface area contributed by atoms with Crippen LogP contribution in [0.15, 0.2) is 64.3 Å². The molecule has 3 rings (SSSR count). The van der Waals surface area contributed by atoms with Gasteiger partial charge in [0, 0.05) is 21.8 Å². The number of ether oxygens (including phenoxy) is 2. The zero-order chi connectivity index (χ0) is 18.5. The fraction of sp³-hybridized carbons (Fsp3) is 0.150. The average molecular weight is 372 g/mol. The van der Waals surface area contributed by atoms with Crippen molar-refractivity contribution in [1.29, 1.82) is 0 Å². The minimum atomic E-state index is -0.503. The van der Waals surface area contributed by atoms with Crippen LogP contribution >= 0.6 is 11.8 Å². The molecule has 6 heteroatoms. The van der Waals surface area contributed by atoms with Crippen molar-refractivity contribution in [3.8, 4) is 16.9 Å². The number of thioether (sulfide) groups is 1. The molecule has 0 unspecified atom stereocenters. The SMILES string of the molecule is COC(=O)c1c(CSc2ccccc2F)ccc(-c2ccoc2)c1OC. The fourth-order valence-electron chi connectivity index (χ4n) is 2.64. The van der Waals surface area contributed by atoms with E-state index in [-0.39, 0.29) is 5.82 Å². The lowest BCUT2D eigenvalue weighted by Crippen LogP contribution is -2.09. The molecular formula is C20H17FO4S. The molecule has 0 saturated heterocycles. The number of benzene rings is 2. The number of carbonyl (C=O) groups is 1. The quantitative estimate of drug-likeness (QED) is 0.441. The van der Waals surface area contributed by atoms with E-state index < -0.39 is 5.97 Å². The minimum absolute atomic E-state index is 0.292. The summed E-state index contributed by atoms with van der Waals surface area (Å²) in [6.07, 6.45) is 3.13. The van der Waals surface area contributed by atoms with Crippen LogP contribution in [0.1, 0.15) is 15.9 Å². The normalized spacial score (nSPS) is 10.6. The fourth-order valence-corrected chi connectivity index (χ4v) is 3.58. The summed E-state index contributed by atoms with van der Waals surface area (Å²) in [5, 5.41) is 0. The van der Waals surface area contributed by atoms with Crippen LogP contribution in [-0.4, -0.2) is 20.2 Å². The van der Waals surface area contributed by atoms with Gasteiger partial charge in [-0.25, -0.2) is 9.18 Å². The summed E-state index contributed by atoms with van der Waals surface area (Å²) in [4.78, 5) is 12.9. The lowest BCUT2D eigenvalue weighted by Gasteiger charge is -2.16. The smallest absolute Gasteiger partial charge is 0.341 e. The summed E-state index contributed by atoms with van der Waals surface area (Å²) in [5.74, 6) is 0.00762. The maximum absolute atomic E-state index is 13.9. The summed E-state index contributed by atoms with van der Waals surface area (Å²) in [6.45, 7) is 0. The number of esters is 1. The Labute approximate surface area is 154 Å². The molecule has 0 fully saturated rings. The molecule has 26 heavy (non-hydrogen) atoms. The van der Waals surface area contributed by atoms with Gasteiger partial charge in [-0.15, -0.1) is 11.8 Å². The van der Waals surface area contributed by atoms with Gasteiger partial charge in [0.15, 0.2) is 0 Å². The molecule has 0 N–H and O–H groups in total. The van der Waals surface area contributed by atoms with Crippen molar-refractivity contribution in [1.82, 2.24) is 0 Å². The molecule has 0 amide bonds. The minimum Gasteiger partial charge on any atom is -0.495 e. The maximum atomic E-state index is 13.9. The molecule has 0 bridgehead atoms. The highest BCUT2D eigenvalue weighted by molar-refractivity contribution is 7.98. The van der Waals surface area contributed by atoms with E-state index in [1.54, 1.807) is 36.8 Å². The van der Waals surface area contributed by atoms with Gasteiger partial charge < -0.3 is 13.9 Å². The summed E-state index contributed by atoms with van der Waals surface area (Å²) >= 11 is 1.31. The zero-order valence-electron chi connectivity index (χ0n) is 14.3. The monoisotopic (exact) mass is 372 g/mol. The van der Waals surface area contributed by atoms with Crippen LogP contribution in [0.3, 0.4) is 0 Å². The van der Waals surface area contributed by atoms with Gasteiger partial charge in [-0.2, -0.15) is 0 Å². The van der Waals surface area contributed by atoms with Gasteiger partial charge in [-0.3, -0.25) is 0 Å². The zero-order valence-corrected chi connectivity index (χ0v) is 15.1. The van der Waals surface area contributed by atoms with E-state index in [2.05, 4.69) is 0 Å². The van der Waals surface area contributed by atoms with E-state index in [1.807, 2.05) is 12.1 Å². The van der Waals surface area contributed by atoms with Crippen LogP contribution in [0.25, 0.3) is 11.1 Å². The number of hydrogen-bond acceptors (Lipinski definition) is 5. The second kappa shape index (κ2) is 8.10. The molecule has 1 aromatic heterocycles. The molecule has 1 heterocycles. The van der Waals surface area contributed by atoms with Crippen molar-refractivity contribution in [2.45, 2.75) is 10.6 Å². The predicted molar refractivity (Wildman–Crippen MR) is 98.0 cm³/mol. The molecule has 134 valence electrons. The largest absolute Gasteiger partial charge is 0.495 e. The van der Waals surface area contributed by atoms with Crippen LogP contribution < -0.4 is 4.74 Å². The van der Waals surface area contributed by atoms with Crippen molar-refractivity contribution in [2.24, 2.45) is 0 Å². The molecule has 2 aromatic carbocycles. The number of hydrogen-bond donors (Lipinski definition) is 0. The van der Waals surface area contributed by atoms with Crippen molar-refractivity contribution < 1.29 is 23.1 Å². The van der Waals surface area contributed by atoms with Crippen LogP contribution in [0, 0.1) is 5.82 Å². The summed E-state index contributed by atoms with van der Waals surface area (Å²) in [6, 6.07) is 12.0. The highest BCUT2D eigenvalue weighted by Crippen LogP contribution is 2.38. The topological polar surface area (TPSA) is 48.7 Å². The molecule has 0 aliphatic heterocycles. The molecule has 4 nitrogen and oxygen atoms in total. The number of furan rings is 1. The van der Waals surface area contributed by atoms with Gasteiger partial charge in [-0.1, -0.05) is 24.3 Å². The third-order valence-corrected chi connectivity index (χ3v) is 4.99. The van der Waals surface area contributed by atoms with Crippen molar-refractivity contribution in [3.05, 3.63) is 71.9 Å². The Morgan fingerprint density at radius 2 is 1.96 bits per heavy atom. The second-order valence-electron chi connectivity index (χ2n) is 5.40. The van der Waals surface area contributed by atoms with Gasteiger partial charge in [0.2, 0.25) is 0 Å². The lowest BCUT2D eigenvalue weighted by molar-refractivity contribution is 0.0596. The van der Waals surface area contributed by atoms with Crippen molar-refractivity contribution >= 4 is 17.7 Å². The Morgan fingerprint density at radius 3 is 2.62 bits per heavy atom. The summed E-state index contributed by atoms with van der Waals surface area (Å²) < 4.78 is 29.4. The predicted octanol–water partition coefficient (Wildman–Crippen LogP) is 5.17. The van der Waals surface area contributed by atoms with Crippen molar-refractivity contribution in [2.75, 3.05) is 14.2 Å².